The van der Waals surface area contributed by atoms with Gasteiger partial charge in [0, 0.05) is 5.02 Å². The molecule has 0 aromatic heterocycles. The van der Waals surface area contributed by atoms with Crippen LogP contribution in [-0.2, 0) is 25.4 Å². The van der Waals surface area contributed by atoms with Gasteiger partial charge in [0.05, 0.1) is 26.3 Å². The van der Waals surface area contributed by atoms with Crippen molar-refractivity contribution in [3.8, 4) is 0 Å². The largest absolute Gasteiger partial charge is 0.467 e. The Bertz CT molecular complexity index is 611. The number of carbonyl (C=O) groups is 2. The molecule has 25 heavy (non-hydrogen) atoms. The van der Waals surface area contributed by atoms with Crippen LogP contribution < -0.4 is 0 Å². The summed E-state index contributed by atoms with van der Waals surface area (Å²) in [6.07, 6.45) is -0.702. The molecule has 1 saturated heterocycles. The number of nitrogens with zero attached hydrogens (tertiary/aromatic N) is 1. The van der Waals surface area contributed by atoms with Gasteiger partial charge in [0.15, 0.2) is 6.10 Å². The van der Waals surface area contributed by atoms with E-state index in [9.17, 15) is 9.59 Å². The Balaban J connectivity index is 2.15. The highest BCUT2D eigenvalue weighted by atomic mass is 35.5. The number of benzene rings is 1. The highest BCUT2D eigenvalue weighted by molar-refractivity contribution is 6.30. The van der Waals surface area contributed by atoms with Crippen molar-refractivity contribution in [2.45, 2.75) is 44.9 Å². The van der Waals surface area contributed by atoms with Crippen LogP contribution in [0.1, 0.15) is 26.3 Å². The van der Waals surface area contributed by atoms with E-state index in [2.05, 4.69) is 0 Å². The summed E-state index contributed by atoms with van der Waals surface area (Å²) in [6, 6.07) is 7.17. The summed E-state index contributed by atoms with van der Waals surface area (Å²) in [6.45, 7) is 5.73. The lowest BCUT2D eigenvalue weighted by Gasteiger charge is -2.39. The van der Waals surface area contributed by atoms with Crippen molar-refractivity contribution in [3.05, 3.63) is 34.9 Å². The Kier molecular flexibility index (Phi) is 6.30. The Morgan fingerprint density at radius 2 is 1.92 bits per heavy atom. The Hall–Kier alpha value is -1.79. The van der Waals surface area contributed by atoms with E-state index in [0.29, 0.717) is 11.4 Å². The van der Waals surface area contributed by atoms with Gasteiger partial charge >= 0.3 is 12.1 Å². The molecule has 0 saturated carbocycles. The summed E-state index contributed by atoms with van der Waals surface area (Å²) in [4.78, 5) is 25.9. The number of halogens is 1. The van der Waals surface area contributed by atoms with Crippen molar-refractivity contribution in [1.29, 1.82) is 0 Å². The molecule has 0 spiro atoms. The normalized spacial score (nSPS) is 20.9. The number of esters is 1. The van der Waals surface area contributed by atoms with E-state index in [1.165, 1.54) is 7.11 Å². The molecule has 138 valence electrons. The van der Waals surface area contributed by atoms with Crippen molar-refractivity contribution in [3.63, 3.8) is 0 Å². The van der Waals surface area contributed by atoms with Crippen LogP contribution >= 0.6 is 11.6 Å². The maximum atomic E-state index is 12.6. The summed E-state index contributed by atoms with van der Waals surface area (Å²) in [5, 5.41) is 0.651. The third kappa shape index (κ3) is 5.61. The molecule has 1 aromatic carbocycles. The van der Waals surface area contributed by atoms with Crippen LogP contribution in [0.25, 0.3) is 0 Å². The Morgan fingerprint density at radius 3 is 2.48 bits per heavy atom. The number of carbonyl (C=O) groups excluding carboxylic acids is 2. The Morgan fingerprint density at radius 1 is 1.28 bits per heavy atom. The lowest BCUT2D eigenvalue weighted by Crippen LogP contribution is -2.56. The molecule has 0 bridgehead atoms. The van der Waals surface area contributed by atoms with Crippen LogP contribution in [0.4, 0.5) is 4.79 Å². The standard InChI is InChI=1S/C18H24ClNO5/c1-18(2,3)25-17(22)20-10-15(16(21)23-4)24-11-14(20)9-12-5-7-13(19)8-6-12/h5-8,14-15H,9-11H2,1-4H3/t14-,15+/m0/s1. The topological polar surface area (TPSA) is 65.1 Å². The lowest BCUT2D eigenvalue weighted by molar-refractivity contribution is -0.162. The second-order valence-electron chi connectivity index (χ2n) is 6.96. The maximum absolute atomic E-state index is 12.6. The molecule has 7 heteroatoms. The fraction of sp³-hybridized carbons (Fsp3) is 0.556. The van der Waals surface area contributed by atoms with Gasteiger partial charge in [-0.15, -0.1) is 0 Å². The third-order valence-electron chi connectivity index (χ3n) is 3.77. The fourth-order valence-electron chi connectivity index (χ4n) is 2.58. The van der Waals surface area contributed by atoms with Crippen molar-refractivity contribution >= 4 is 23.7 Å². The zero-order valence-electron chi connectivity index (χ0n) is 15.0. The number of hydrogen-bond acceptors (Lipinski definition) is 5. The summed E-state index contributed by atoms with van der Waals surface area (Å²) in [7, 11) is 1.29. The Labute approximate surface area is 153 Å². The molecular formula is C18H24ClNO5. The lowest BCUT2D eigenvalue weighted by atomic mass is 10.0. The van der Waals surface area contributed by atoms with Gasteiger partial charge in [-0.2, -0.15) is 0 Å². The molecule has 2 rings (SSSR count). The minimum Gasteiger partial charge on any atom is -0.467 e. The molecule has 0 aliphatic carbocycles. The SMILES string of the molecule is COC(=O)[C@H]1CN(C(=O)OC(C)(C)C)[C@@H](Cc2ccc(Cl)cc2)CO1. The molecule has 1 heterocycles. The molecule has 1 aliphatic heterocycles. The average molecular weight is 370 g/mol. The fourth-order valence-corrected chi connectivity index (χ4v) is 2.70. The van der Waals surface area contributed by atoms with Gasteiger partial charge in [0.2, 0.25) is 0 Å². The first-order valence-corrected chi connectivity index (χ1v) is 8.51. The maximum Gasteiger partial charge on any atom is 0.410 e. The van der Waals surface area contributed by atoms with E-state index < -0.39 is 23.8 Å². The van der Waals surface area contributed by atoms with Crippen LogP contribution in [0.3, 0.4) is 0 Å². The second-order valence-corrected chi connectivity index (χ2v) is 7.40. The van der Waals surface area contributed by atoms with Crippen molar-refractivity contribution in [2.24, 2.45) is 0 Å². The number of rotatable bonds is 3. The number of morpholine rings is 1. The minimum absolute atomic E-state index is 0.0971. The molecule has 1 fully saturated rings. The van der Waals surface area contributed by atoms with E-state index in [4.69, 9.17) is 25.8 Å². The number of hydrogen-bond donors (Lipinski definition) is 0. The first kappa shape index (κ1) is 19.5. The van der Waals surface area contributed by atoms with Gasteiger partial charge in [-0.05, 0) is 44.9 Å². The first-order chi connectivity index (χ1) is 11.7. The second kappa shape index (κ2) is 8.06. The third-order valence-corrected chi connectivity index (χ3v) is 4.02. The summed E-state index contributed by atoms with van der Waals surface area (Å²) < 4.78 is 15.8. The van der Waals surface area contributed by atoms with Gasteiger partial charge in [0.25, 0.3) is 0 Å². The van der Waals surface area contributed by atoms with Gasteiger partial charge in [-0.3, -0.25) is 4.90 Å². The predicted molar refractivity (Wildman–Crippen MR) is 93.6 cm³/mol. The number of amides is 1. The molecule has 2 atom stereocenters. The van der Waals surface area contributed by atoms with Gasteiger partial charge in [-0.25, -0.2) is 9.59 Å². The molecule has 0 radical (unpaired) electrons. The van der Waals surface area contributed by atoms with Crippen molar-refractivity contribution in [2.75, 3.05) is 20.3 Å². The van der Waals surface area contributed by atoms with Crippen LogP contribution in [0, 0.1) is 0 Å². The molecule has 0 N–H and O–H groups in total. The van der Waals surface area contributed by atoms with E-state index >= 15 is 0 Å². The van der Waals surface area contributed by atoms with E-state index in [1.807, 2.05) is 12.1 Å². The van der Waals surface area contributed by atoms with Crippen molar-refractivity contribution < 1.29 is 23.8 Å². The van der Waals surface area contributed by atoms with E-state index in [-0.39, 0.29) is 19.2 Å². The van der Waals surface area contributed by atoms with Gasteiger partial charge in [0.1, 0.15) is 5.60 Å². The molecule has 1 amide bonds. The minimum atomic E-state index is -0.806. The quantitative estimate of drug-likeness (QED) is 0.766. The highest BCUT2D eigenvalue weighted by Gasteiger charge is 2.38. The zero-order chi connectivity index (χ0) is 18.6. The molecule has 6 nitrogen and oxygen atoms in total. The summed E-state index contributed by atoms with van der Waals surface area (Å²) in [5.74, 6) is -0.501. The van der Waals surface area contributed by atoms with Crippen LogP contribution in [0.15, 0.2) is 24.3 Å². The first-order valence-electron chi connectivity index (χ1n) is 8.13. The van der Waals surface area contributed by atoms with Gasteiger partial charge in [-0.1, -0.05) is 23.7 Å². The van der Waals surface area contributed by atoms with E-state index in [1.54, 1.807) is 37.8 Å². The van der Waals surface area contributed by atoms with Crippen LogP contribution in [0.5, 0.6) is 0 Å². The monoisotopic (exact) mass is 369 g/mol. The summed E-state index contributed by atoms with van der Waals surface area (Å²) >= 11 is 5.92. The molecule has 1 aromatic rings. The smallest absolute Gasteiger partial charge is 0.410 e. The number of methoxy groups -OCH3 is 1. The number of ether oxygens (including phenoxy) is 3. The predicted octanol–water partition coefficient (Wildman–Crippen LogP) is 3.06. The highest BCUT2D eigenvalue weighted by Crippen LogP contribution is 2.21. The van der Waals surface area contributed by atoms with Crippen molar-refractivity contribution in [1.82, 2.24) is 4.90 Å². The molecule has 0 unspecified atom stereocenters. The summed E-state index contributed by atoms with van der Waals surface area (Å²) in [5.41, 5.74) is 0.393. The molecular weight excluding hydrogens is 346 g/mol. The molecule has 1 aliphatic rings. The van der Waals surface area contributed by atoms with E-state index in [0.717, 1.165) is 5.56 Å². The van der Waals surface area contributed by atoms with Crippen LogP contribution in [-0.4, -0.2) is 55.0 Å². The van der Waals surface area contributed by atoms with Gasteiger partial charge < -0.3 is 14.2 Å². The zero-order valence-corrected chi connectivity index (χ0v) is 15.7. The average Bonchev–Trinajstić information content (AvgIpc) is 2.55. The van der Waals surface area contributed by atoms with Crippen LogP contribution in [0.2, 0.25) is 5.02 Å².